The lowest BCUT2D eigenvalue weighted by Crippen LogP contribution is -2.16. The van der Waals surface area contributed by atoms with E-state index in [1.165, 1.54) is 37.0 Å². The molecule has 0 unspecified atom stereocenters. The fourth-order valence-corrected chi connectivity index (χ4v) is 3.34. The van der Waals surface area contributed by atoms with Gasteiger partial charge in [-0.2, -0.15) is 9.97 Å². The van der Waals surface area contributed by atoms with Crippen molar-refractivity contribution in [2.45, 2.75) is 37.0 Å². The lowest BCUT2D eigenvalue weighted by Gasteiger charge is -2.21. The van der Waals surface area contributed by atoms with Crippen molar-refractivity contribution < 1.29 is 4.74 Å². The van der Waals surface area contributed by atoms with E-state index in [0.29, 0.717) is 30.2 Å². The van der Waals surface area contributed by atoms with Gasteiger partial charge >= 0.3 is 0 Å². The quantitative estimate of drug-likeness (QED) is 0.753. The molecule has 5 nitrogen and oxygen atoms in total. The Hall–Kier alpha value is -1.95. The van der Waals surface area contributed by atoms with Crippen molar-refractivity contribution in [3.8, 4) is 5.88 Å². The molecular weight excluding hydrogens is 320 g/mol. The van der Waals surface area contributed by atoms with E-state index >= 15 is 0 Å². The van der Waals surface area contributed by atoms with Gasteiger partial charge in [0.2, 0.25) is 11.8 Å². The SMILES string of the molecule is CSc1ccc(Nc2nc(N)cc(OCC3CCCCC3)n2)cc1. The summed E-state index contributed by atoms with van der Waals surface area (Å²) in [7, 11) is 0. The van der Waals surface area contributed by atoms with Gasteiger partial charge in [0.15, 0.2) is 0 Å². The summed E-state index contributed by atoms with van der Waals surface area (Å²) in [6, 6.07) is 9.80. The van der Waals surface area contributed by atoms with Crippen LogP contribution in [-0.4, -0.2) is 22.8 Å². The second-order valence-electron chi connectivity index (χ2n) is 6.12. The molecule has 0 saturated heterocycles. The summed E-state index contributed by atoms with van der Waals surface area (Å²) in [5, 5.41) is 3.18. The van der Waals surface area contributed by atoms with Gasteiger partial charge in [-0.15, -0.1) is 11.8 Å². The van der Waals surface area contributed by atoms with Crippen LogP contribution in [0, 0.1) is 5.92 Å². The zero-order chi connectivity index (χ0) is 16.8. The summed E-state index contributed by atoms with van der Waals surface area (Å²) in [4.78, 5) is 9.88. The largest absolute Gasteiger partial charge is 0.477 e. The molecule has 1 aromatic carbocycles. The third-order valence-electron chi connectivity index (χ3n) is 4.26. The van der Waals surface area contributed by atoms with E-state index in [2.05, 4.69) is 33.7 Å². The molecule has 1 aliphatic carbocycles. The Balaban J connectivity index is 1.63. The number of hydrogen-bond acceptors (Lipinski definition) is 6. The smallest absolute Gasteiger partial charge is 0.232 e. The molecule has 0 atom stereocenters. The van der Waals surface area contributed by atoms with Crippen molar-refractivity contribution >= 4 is 29.2 Å². The second kappa shape index (κ2) is 8.24. The molecule has 3 N–H and O–H groups in total. The molecule has 0 aliphatic heterocycles. The molecule has 3 rings (SSSR count). The van der Waals surface area contributed by atoms with Gasteiger partial charge in [-0.25, -0.2) is 0 Å². The summed E-state index contributed by atoms with van der Waals surface area (Å²) < 4.78 is 5.87. The second-order valence-corrected chi connectivity index (χ2v) is 7.00. The van der Waals surface area contributed by atoms with Gasteiger partial charge in [0.1, 0.15) is 5.82 Å². The molecular formula is C18H24N4OS. The van der Waals surface area contributed by atoms with Gasteiger partial charge < -0.3 is 15.8 Å². The number of nitrogen functional groups attached to an aromatic ring is 1. The molecule has 1 aromatic heterocycles. The number of aromatic nitrogens is 2. The average molecular weight is 344 g/mol. The highest BCUT2D eigenvalue weighted by Crippen LogP contribution is 2.25. The minimum atomic E-state index is 0.409. The van der Waals surface area contributed by atoms with Gasteiger partial charge in [-0.3, -0.25) is 0 Å². The number of benzene rings is 1. The Bertz CT molecular complexity index is 657. The van der Waals surface area contributed by atoms with Gasteiger partial charge in [0.05, 0.1) is 6.61 Å². The van der Waals surface area contributed by atoms with Crippen molar-refractivity contribution in [1.82, 2.24) is 9.97 Å². The number of nitrogens with zero attached hydrogens (tertiary/aromatic N) is 2. The Morgan fingerprint density at radius 2 is 1.92 bits per heavy atom. The fourth-order valence-electron chi connectivity index (χ4n) is 2.93. The van der Waals surface area contributed by atoms with Crippen molar-refractivity contribution in [3.63, 3.8) is 0 Å². The van der Waals surface area contributed by atoms with Crippen LogP contribution >= 0.6 is 11.8 Å². The standard InChI is InChI=1S/C18H24N4OS/c1-24-15-9-7-14(8-10-15)20-18-21-16(19)11-17(22-18)23-12-13-5-3-2-4-6-13/h7-11,13H,2-6,12H2,1H3,(H3,19,20,21,22). The lowest BCUT2D eigenvalue weighted by atomic mass is 9.90. The number of ether oxygens (including phenoxy) is 1. The maximum Gasteiger partial charge on any atom is 0.232 e. The van der Waals surface area contributed by atoms with Crippen molar-refractivity contribution in [1.29, 1.82) is 0 Å². The predicted molar refractivity (Wildman–Crippen MR) is 100 cm³/mol. The normalized spacial score (nSPS) is 15.2. The van der Waals surface area contributed by atoms with E-state index in [1.54, 1.807) is 17.8 Å². The summed E-state index contributed by atoms with van der Waals surface area (Å²) in [5.74, 6) is 2.04. The summed E-state index contributed by atoms with van der Waals surface area (Å²) in [6.45, 7) is 0.707. The van der Waals surface area contributed by atoms with Crippen molar-refractivity contribution in [2.75, 3.05) is 23.9 Å². The minimum Gasteiger partial charge on any atom is -0.477 e. The molecule has 6 heteroatoms. The van der Waals surface area contributed by atoms with E-state index in [1.807, 2.05) is 12.1 Å². The minimum absolute atomic E-state index is 0.409. The van der Waals surface area contributed by atoms with Crippen LogP contribution in [0.5, 0.6) is 5.88 Å². The van der Waals surface area contributed by atoms with Crippen LogP contribution < -0.4 is 15.8 Å². The van der Waals surface area contributed by atoms with Crippen LogP contribution in [0.2, 0.25) is 0 Å². The zero-order valence-electron chi connectivity index (χ0n) is 14.0. The highest BCUT2D eigenvalue weighted by Gasteiger charge is 2.14. The third kappa shape index (κ3) is 4.77. The first-order chi connectivity index (χ1) is 11.7. The first-order valence-corrected chi connectivity index (χ1v) is 9.64. The number of nitrogens with two attached hydrogens (primary N) is 1. The monoisotopic (exact) mass is 344 g/mol. The molecule has 0 amide bonds. The molecule has 1 aliphatic rings. The molecule has 2 aromatic rings. The average Bonchev–Trinajstić information content (AvgIpc) is 2.61. The van der Waals surface area contributed by atoms with Gasteiger partial charge in [-0.1, -0.05) is 19.3 Å². The fraction of sp³-hybridized carbons (Fsp3) is 0.444. The Labute approximate surface area is 147 Å². The first kappa shape index (κ1) is 16.9. The number of hydrogen-bond donors (Lipinski definition) is 2. The lowest BCUT2D eigenvalue weighted by molar-refractivity contribution is 0.203. The van der Waals surface area contributed by atoms with Crippen molar-refractivity contribution in [2.24, 2.45) is 5.92 Å². The van der Waals surface area contributed by atoms with E-state index < -0.39 is 0 Å². The molecule has 1 saturated carbocycles. The highest BCUT2D eigenvalue weighted by atomic mass is 32.2. The third-order valence-corrected chi connectivity index (χ3v) is 5.00. The molecule has 0 bridgehead atoms. The van der Waals surface area contributed by atoms with Gasteiger partial charge in [0.25, 0.3) is 0 Å². The number of nitrogens with one attached hydrogen (secondary N) is 1. The molecule has 0 spiro atoms. The van der Waals surface area contributed by atoms with Gasteiger partial charge in [0, 0.05) is 16.6 Å². The van der Waals surface area contributed by atoms with Crippen molar-refractivity contribution in [3.05, 3.63) is 30.3 Å². The number of thioether (sulfide) groups is 1. The Morgan fingerprint density at radius 3 is 2.62 bits per heavy atom. The van der Waals surface area contributed by atoms with Crippen LogP contribution in [0.1, 0.15) is 32.1 Å². The molecule has 1 heterocycles. The van der Waals surface area contributed by atoms with E-state index in [4.69, 9.17) is 10.5 Å². The predicted octanol–water partition coefficient (Wildman–Crippen LogP) is 4.48. The van der Waals surface area contributed by atoms with E-state index in [9.17, 15) is 0 Å². The topological polar surface area (TPSA) is 73.1 Å². The van der Waals surface area contributed by atoms with Crippen LogP contribution in [0.4, 0.5) is 17.5 Å². The Kier molecular flexibility index (Phi) is 5.80. The van der Waals surface area contributed by atoms with Gasteiger partial charge in [-0.05, 0) is 49.3 Å². The van der Waals surface area contributed by atoms with Crippen LogP contribution in [-0.2, 0) is 0 Å². The summed E-state index contributed by atoms with van der Waals surface area (Å²) in [5.41, 5.74) is 6.82. The maximum absolute atomic E-state index is 5.89. The van der Waals surface area contributed by atoms with E-state index in [-0.39, 0.29) is 0 Å². The number of rotatable bonds is 6. The Morgan fingerprint density at radius 1 is 1.17 bits per heavy atom. The van der Waals surface area contributed by atoms with Crippen LogP contribution in [0.25, 0.3) is 0 Å². The van der Waals surface area contributed by atoms with Crippen LogP contribution in [0.15, 0.2) is 35.2 Å². The highest BCUT2D eigenvalue weighted by molar-refractivity contribution is 7.98. The van der Waals surface area contributed by atoms with Crippen LogP contribution in [0.3, 0.4) is 0 Å². The molecule has 24 heavy (non-hydrogen) atoms. The first-order valence-electron chi connectivity index (χ1n) is 8.41. The molecule has 0 radical (unpaired) electrons. The van der Waals surface area contributed by atoms with E-state index in [0.717, 1.165) is 5.69 Å². The number of anilines is 3. The summed E-state index contributed by atoms with van der Waals surface area (Å²) >= 11 is 1.71. The maximum atomic E-state index is 5.89. The zero-order valence-corrected chi connectivity index (χ0v) is 14.8. The molecule has 1 fully saturated rings. The molecule has 128 valence electrons. The summed E-state index contributed by atoms with van der Waals surface area (Å²) in [6.07, 6.45) is 8.50.